The van der Waals surface area contributed by atoms with Crippen molar-refractivity contribution in [3.05, 3.63) is 29.8 Å². The SMILES string of the molecule is CCc1ccccc1NC(=O)CN(C)C[C@H](O)CC. The lowest BCUT2D eigenvalue weighted by Crippen LogP contribution is -2.35. The van der Waals surface area contributed by atoms with E-state index in [4.69, 9.17) is 0 Å². The minimum Gasteiger partial charge on any atom is -0.392 e. The zero-order valence-electron chi connectivity index (χ0n) is 12.0. The molecule has 1 rings (SSSR count). The molecule has 1 amide bonds. The average molecular weight is 264 g/mol. The molecule has 0 unspecified atom stereocenters. The van der Waals surface area contributed by atoms with Crippen molar-refractivity contribution in [2.45, 2.75) is 32.8 Å². The fourth-order valence-corrected chi connectivity index (χ4v) is 1.94. The maximum Gasteiger partial charge on any atom is 0.238 e. The molecule has 0 bridgehead atoms. The molecule has 2 N–H and O–H groups in total. The summed E-state index contributed by atoms with van der Waals surface area (Å²) in [4.78, 5) is 13.8. The summed E-state index contributed by atoms with van der Waals surface area (Å²) in [7, 11) is 1.84. The van der Waals surface area contributed by atoms with Crippen LogP contribution in [0.15, 0.2) is 24.3 Å². The van der Waals surface area contributed by atoms with Crippen LogP contribution in [-0.4, -0.2) is 42.2 Å². The maximum absolute atomic E-state index is 11.9. The highest BCUT2D eigenvalue weighted by Gasteiger charge is 2.11. The van der Waals surface area contributed by atoms with Gasteiger partial charge in [-0.25, -0.2) is 0 Å². The first kappa shape index (κ1) is 15.7. The van der Waals surface area contributed by atoms with Crippen LogP contribution in [0.4, 0.5) is 5.69 Å². The van der Waals surface area contributed by atoms with E-state index in [-0.39, 0.29) is 18.6 Å². The lowest BCUT2D eigenvalue weighted by Gasteiger charge is -2.19. The maximum atomic E-state index is 11.9. The fraction of sp³-hybridized carbons (Fsp3) is 0.533. The van der Waals surface area contributed by atoms with E-state index in [0.717, 1.165) is 17.7 Å². The molecule has 1 aromatic carbocycles. The Morgan fingerprint density at radius 1 is 1.37 bits per heavy atom. The van der Waals surface area contributed by atoms with Gasteiger partial charge in [-0.1, -0.05) is 32.0 Å². The Bertz CT molecular complexity index is 407. The minimum absolute atomic E-state index is 0.0493. The first-order chi connectivity index (χ1) is 9.06. The lowest BCUT2D eigenvalue weighted by molar-refractivity contribution is -0.117. The predicted molar refractivity (Wildman–Crippen MR) is 78.2 cm³/mol. The third kappa shape index (κ3) is 5.41. The van der Waals surface area contributed by atoms with Gasteiger partial charge in [0.15, 0.2) is 0 Å². The average Bonchev–Trinajstić information content (AvgIpc) is 2.38. The van der Waals surface area contributed by atoms with Crippen molar-refractivity contribution in [3.8, 4) is 0 Å². The molecule has 4 nitrogen and oxygen atoms in total. The molecule has 1 atom stereocenters. The Hall–Kier alpha value is -1.39. The van der Waals surface area contributed by atoms with E-state index < -0.39 is 0 Å². The van der Waals surface area contributed by atoms with Crippen LogP contribution < -0.4 is 5.32 Å². The third-order valence-electron chi connectivity index (χ3n) is 3.08. The van der Waals surface area contributed by atoms with Crippen molar-refractivity contribution in [1.82, 2.24) is 4.90 Å². The second kappa shape index (κ2) is 7.92. The van der Waals surface area contributed by atoms with E-state index in [1.54, 1.807) is 0 Å². The molecule has 0 saturated carbocycles. The molecule has 0 saturated heterocycles. The molecular formula is C15H24N2O2. The number of para-hydroxylation sites is 1. The Morgan fingerprint density at radius 2 is 2.05 bits per heavy atom. The molecule has 0 radical (unpaired) electrons. The van der Waals surface area contributed by atoms with E-state index in [1.807, 2.05) is 43.1 Å². The van der Waals surface area contributed by atoms with E-state index in [1.165, 1.54) is 0 Å². The number of carbonyl (C=O) groups is 1. The van der Waals surface area contributed by atoms with E-state index in [9.17, 15) is 9.90 Å². The summed E-state index contributed by atoms with van der Waals surface area (Å²) in [5, 5.41) is 12.5. The summed E-state index contributed by atoms with van der Waals surface area (Å²) in [6.07, 6.45) is 1.21. The number of hydrogen-bond donors (Lipinski definition) is 2. The van der Waals surface area contributed by atoms with Crippen molar-refractivity contribution in [1.29, 1.82) is 0 Å². The van der Waals surface area contributed by atoms with Gasteiger partial charge in [-0.05, 0) is 31.5 Å². The highest BCUT2D eigenvalue weighted by molar-refractivity contribution is 5.92. The zero-order chi connectivity index (χ0) is 14.3. The third-order valence-corrected chi connectivity index (χ3v) is 3.08. The van der Waals surface area contributed by atoms with Gasteiger partial charge >= 0.3 is 0 Å². The number of rotatable bonds is 7. The minimum atomic E-state index is -0.374. The Labute approximate surface area is 115 Å². The summed E-state index contributed by atoms with van der Waals surface area (Å²) in [6.45, 7) is 4.79. The van der Waals surface area contributed by atoms with Gasteiger partial charge in [0.1, 0.15) is 0 Å². The number of amides is 1. The van der Waals surface area contributed by atoms with Crippen molar-refractivity contribution >= 4 is 11.6 Å². The Morgan fingerprint density at radius 3 is 2.68 bits per heavy atom. The van der Waals surface area contributed by atoms with Gasteiger partial charge in [0.25, 0.3) is 0 Å². The van der Waals surface area contributed by atoms with E-state index in [0.29, 0.717) is 13.0 Å². The highest BCUT2D eigenvalue weighted by Crippen LogP contribution is 2.15. The summed E-state index contributed by atoms with van der Waals surface area (Å²) in [6, 6.07) is 7.81. The van der Waals surface area contributed by atoms with Crippen molar-refractivity contribution < 1.29 is 9.90 Å². The molecule has 0 aromatic heterocycles. The van der Waals surface area contributed by atoms with Crippen LogP contribution in [0.3, 0.4) is 0 Å². The number of likely N-dealkylation sites (N-methyl/N-ethyl adjacent to an activating group) is 1. The van der Waals surface area contributed by atoms with Crippen LogP contribution in [0.2, 0.25) is 0 Å². The van der Waals surface area contributed by atoms with Crippen molar-refractivity contribution in [3.63, 3.8) is 0 Å². The Kier molecular flexibility index (Phi) is 6.53. The van der Waals surface area contributed by atoms with Crippen molar-refractivity contribution in [2.75, 3.05) is 25.5 Å². The molecular weight excluding hydrogens is 240 g/mol. The number of benzene rings is 1. The Balaban J connectivity index is 2.51. The van der Waals surface area contributed by atoms with Crippen LogP contribution in [0.1, 0.15) is 25.8 Å². The number of aryl methyl sites for hydroxylation is 1. The summed E-state index contributed by atoms with van der Waals surface area (Å²) in [5.74, 6) is -0.0493. The smallest absolute Gasteiger partial charge is 0.238 e. The number of hydrogen-bond acceptors (Lipinski definition) is 3. The van der Waals surface area contributed by atoms with Gasteiger partial charge in [-0.15, -0.1) is 0 Å². The first-order valence-electron chi connectivity index (χ1n) is 6.81. The van der Waals surface area contributed by atoms with E-state index in [2.05, 4.69) is 12.2 Å². The normalized spacial score (nSPS) is 12.5. The second-order valence-corrected chi connectivity index (χ2v) is 4.82. The molecule has 4 heteroatoms. The standard InChI is InChI=1S/C15H24N2O2/c1-4-12-8-6-7-9-14(12)16-15(19)11-17(3)10-13(18)5-2/h6-9,13,18H,4-5,10-11H2,1-3H3,(H,16,19)/t13-/m1/s1. The molecule has 0 spiro atoms. The fourth-order valence-electron chi connectivity index (χ4n) is 1.94. The molecule has 0 fully saturated rings. The van der Waals surface area contributed by atoms with Crippen LogP contribution in [0, 0.1) is 0 Å². The zero-order valence-corrected chi connectivity index (χ0v) is 12.0. The topological polar surface area (TPSA) is 52.6 Å². The van der Waals surface area contributed by atoms with Crippen molar-refractivity contribution in [2.24, 2.45) is 0 Å². The van der Waals surface area contributed by atoms with Gasteiger partial charge in [0, 0.05) is 12.2 Å². The monoisotopic (exact) mass is 264 g/mol. The van der Waals surface area contributed by atoms with Gasteiger partial charge in [0.05, 0.1) is 12.6 Å². The van der Waals surface area contributed by atoms with Crippen LogP contribution in [0.25, 0.3) is 0 Å². The van der Waals surface area contributed by atoms with Crippen LogP contribution in [0.5, 0.6) is 0 Å². The van der Waals surface area contributed by atoms with Gasteiger partial charge < -0.3 is 10.4 Å². The molecule has 0 aliphatic heterocycles. The highest BCUT2D eigenvalue weighted by atomic mass is 16.3. The van der Waals surface area contributed by atoms with Gasteiger partial charge in [0.2, 0.25) is 5.91 Å². The molecule has 19 heavy (non-hydrogen) atoms. The number of nitrogens with zero attached hydrogens (tertiary/aromatic N) is 1. The quantitative estimate of drug-likeness (QED) is 0.790. The number of aliphatic hydroxyl groups is 1. The van der Waals surface area contributed by atoms with E-state index >= 15 is 0 Å². The number of nitrogens with one attached hydrogen (secondary N) is 1. The first-order valence-corrected chi connectivity index (χ1v) is 6.81. The molecule has 0 aliphatic rings. The summed E-state index contributed by atoms with van der Waals surface area (Å²) in [5.41, 5.74) is 2.01. The predicted octanol–water partition coefficient (Wildman–Crippen LogP) is 1.89. The van der Waals surface area contributed by atoms with Crippen LogP contribution >= 0.6 is 0 Å². The number of anilines is 1. The largest absolute Gasteiger partial charge is 0.392 e. The van der Waals surface area contributed by atoms with Gasteiger partial charge in [-0.2, -0.15) is 0 Å². The summed E-state index contributed by atoms with van der Waals surface area (Å²) < 4.78 is 0. The number of carbonyl (C=O) groups excluding carboxylic acids is 1. The second-order valence-electron chi connectivity index (χ2n) is 4.82. The molecule has 0 heterocycles. The van der Waals surface area contributed by atoms with Gasteiger partial charge in [-0.3, -0.25) is 9.69 Å². The molecule has 1 aromatic rings. The molecule has 0 aliphatic carbocycles. The molecule has 106 valence electrons. The van der Waals surface area contributed by atoms with Crippen LogP contribution in [-0.2, 0) is 11.2 Å². The summed E-state index contributed by atoms with van der Waals surface area (Å²) >= 11 is 0. The lowest BCUT2D eigenvalue weighted by atomic mass is 10.1. The number of aliphatic hydroxyl groups excluding tert-OH is 1.